The Kier molecular flexibility index (Phi) is 7.97. The number of thioether (sulfide) groups is 1. The molecule has 0 radical (unpaired) electrons. The number of methoxy groups -OCH3 is 1. The van der Waals surface area contributed by atoms with Crippen LogP contribution in [0, 0.1) is 6.92 Å². The Morgan fingerprint density at radius 1 is 1.06 bits per heavy atom. The number of aryl methyl sites for hydroxylation is 1. The summed E-state index contributed by atoms with van der Waals surface area (Å²) in [5.41, 5.74) is 3.13. The van der Waals surface area contributed by atoms with Crippen molar-refractivity contribution in [3.8, 4) is 11.5 Å². The predicted molar refractivity (Wildman–Crippen MR) is 141 cm³/mol. The lowest BCUT2D eigenvalue weighted by molar-refractivity contribution is -0.123. The second-order valence-electron chi connectivity index (χ2n) is 7.96. The zero-order chi connectivity index (χ0) is 25.7. The number of anilines is 1. The van der Waals surface area contributed by atoms with E-state index in [0.717, 1.165) is 28.6 Å². The number of carbonyl (C=O) groups is 3. The molecule has 3 aromatic rings. The molecule has 0 aliphatic carbocycles. The summed E-state index contributed by atoms with van der Waals surface area (Å²) in [5, 5.41) is 3.06. The first-order chi connectivity index (χ1) is 17.3. The van der Waals surface area contributed by atoms with Crippen molar-refractivity contribution >= 4 is 52.2 Å². The molecule has 0 spiro atoms. The van der Waals surface area contributed by atoms with Gasteiger partial charge in [0.05, 0.1) is 18.6 Å². The number of para-hydroxylation sites is 1. The highest BCUT2D eigenvalue weighted by atomic mass is 35.5. The van der Waals surface area contributed by atoms with Gasteiger partial charge in [0, 0.05) is 10.7 Å². The molecule has 0 saturated carbocycles. The van der Waals surface area contributed by atoms with Crippen molar-refractivity contribution in [3.63, 3.8) is 0 Å². The summed E-state index contributed by atoms with van der Waals surface area (Å²) in [6.45, 7) is 1.87. The minimum absolute atomic E-state index is 0.167. The number of hydrogen-bond acceptors (Lipinski definition) is 6. The highest BCUT2D eigenvalue weighted by Crippen LogP contribution is 2.35. The Morgan fingerprint density at radius 2 is 1.81 bits per heavy atom. The molecular weight excluding hydrogens is 500 g/mol. The quantitative estimate of drug-likeness (QED) is 0.370. The van der Waals surface area contributed by atoms with Crippen LogP contribution < -0.4 is 14.8 Å². The van der Waals surface area contributed by atoms with Crippen molar-refractivity contribution in [1.29, 1.82) is 0 Å². The van der Waals surface area contributed by atoms with E-state index in [9.17, 15) is 14.4 Å². The molecule has 4 rings (SSSR count). The minimum atomic E-state index is -0.368. The molecule has 9 heteroatoms. The van der Waals surface area contributed by atoms with Crippen molar-refractivity contribution in [2.45, 2.75) is 13.5 Å². The van der Waals surface area contributed by atoms with E-state index in [4.69, 9.17) is 21.1 Å². The van der Waals surface area contributed by atoms with Crippen LogP contribution in [-0.4, -0.2) is 35.7 Å². The van der Waals surface area contributed by atoms with Gasteiger partial charge in [-0.05, 0) is 71.8 Å². The fourth-order valence-electron chi connectivity index (χ4n) is 3.50. The Balaban J connectivity index is 1.42. The Hall–Kier alpha value is -3.75. The van der Waals surface area contributed by atoms with Crippen LogP contribution in [0.1, 0.15) is 16.7 Å². The maximum atomic E-state index is 12.9. The number of amides is 3. The zero-order valence-corrected chi connectivity index (χ0v) is 21.2. The van der Waals surface area contributed by atoms with Gasteiger partial charge in [0.1, 0.15) is 0 Å². The minimum Gasteiger partial charge on any atom is -0.493 e. The number of hydrogen-bond donors (Lipinski definition) is 1. The molecule has 0 bridgehead atoms. The average molecular weight is 523 g/mol. The number of ether oxygens (including phenoxy) is 2. The van der Waals surface area contributed by atoms with Crippen molar-refractivity contribution in [2.75, 3.05) is 19.0 Å². The van der Waals surface area contributed by atoms with Crippen molar-refractivity contribution in [1.82, 2.24) is 4.90 Å². The van der Waals surface area contributed by atoms with Gasteiger partial charge in [-0.1, -0.05) is 48.0 Å². The lowest BCUT2D eigenvalue weighted by atomic mass is 10.1. The Bertz CT molecular complexity index is 1340. The SMILES string of the molecule is COc1cc(/C=C2\SC(=O)N(Cc3ccc(Cl)cc3)C2=O)ccc1OCC(=O)Nc1ccccc1C. The molecule has 1 aliphatic rings. The second kappa shape index (κ2) is 11.3. The number of nitrogens with one attached hydrogen (secondary N) is 1. The summed E-state index contributed by atoms with van der Waals surface area (Å²) in [6.07, 6.45) is 1.63. The topological polar surface area (TPSA) is 84.9 Å². The van der Waals surface area contributed by atoms with E-state index in [1.54, 1.807) is 48.5 Å². The summed E-state index contributed by atoms with van der Waals surface area (Å²) in [7, 11) is 1.49. The third kappa shape index (κ3) is 6.08. The van der Waals surface area contributed by atoms with Crippen LogP contribution in [0.3, 0.4) is 0 Å². The summed E-state index contributed by atoms with van der Waals surface area (Å²) < 4.78 is 11.1. The molecule has 0 unspecified atom stereocenters. The first-order valence-corrected chi connectivity index (χ1v) is 12.2. The number of rotatable bonds is 8. The molecule has 1 heterocycles. The molecule has 0 aromatic heterocycles. The van der Waals surface area contributed by atoms with E-state index in [-0.39, 0.29) is 30.2 Å². The van der Waals surface area contributed by atoms with Gasteiger partial charge in [0.2, 0.25) is 0 Å². The fraction of sp³-hybridized carbons (Fsp3) is 0.148. The van der Waals surface area contributed by atoms with E-state index in [2.05, 4.69) is 5.32 Å². The summed E-state index contributed by atoms with van der Waals surface area (Å²) in [4.78, 5) is 39.1. The maximum absolute atomic E-state index is 12.9. The molecule has 7 nitrogen and oxygen atoms in total. The molecule has 1 saturated heterocycles. The van der Waals surface area contributed by atoms with Gasteiger partial charge in [-0.15, -0.1) is 0 Å². The highest BCUT2D eigenvalue weighted by Gasteiger charge is 2.35. The summed E-state index contributed by atoms with van der Waals surface area (Å²) >= 11 is 6.79. The molecule has 1 fully saturated rings. The smallest absolute Gasteiger partial charge is 0.293 e. The van der Waals surface area contributed by atoms with Crippen LogP contribution in [0.15, 0.2) is 71.6 Å². The van der Waals surface area contributed by atoms with Crippen LogP contribution in [0.2, 0.25) is 5.02 Å². The molecular formula is C27H23ClN2O5S. The van der Waals surface area contributed by atoms with E-state index in [0.29, 0.717) is 27.0 Å². The fourth-order valence-corrected chi connectivity index (χ4v) is 4.46. The summed E-state index contributed by atoms with van der Waals surface area (Å²) in [6, 6.07) is 19.5. The van der Waals surface area contributed by atoms with Crippen LogP contribution in [0.5, 0.6) is 11.5 Å². The lowest BCUT2D eigenvalue weighted by Gasteiger charge is -2.13. The molecule has 1 N–H and O–H groups in total. The predicted octanol–water partition coefficient (Wildman–Crippen LogP) is 5.91. The maximum Gasteiger partial charge on any atom is 0.293 e. The van der Waals surface area contributed by atoms with Gasteiger partial charge in [0.25, 0.3) is 17.1 Å². The number of benzene rings is 3. The molecule has 3 aromatic carbocycles. The van der Waals surface area contributed by atoms with Gasteiger partial charge in [-0.3, -0.25) is 19.3 Å². The first kappa shape index (κ1) is 25.3. The van der Waals surface area contributed by atoms with Crippen LogP contribution in [0.25, 0.3) is 6.08 Å². The van der Waals surface area contributed by atoms with Crippen molar-refractivity contribution < 1.29 is 23.9 Å². The van der Waals surface area contributed by atoms with E-state index < -0.39 is 0 Å². The Labute approximate surface area is 218 Å². The van der Waals surface area contributed by atoms with Gasteiger partial charge in [-0.2, -0.15) is 0 Å². The van der Waals surface area contributed by atoms with Gasteiger partial charge in [-0.25, -0.2) is 0 Å². The largest absolute Gasteiger partial charge is 0.493 e. The van der Waals surface area contributed by atoms with E-state index in [1.807, 2.05) is 31.2 Å². The number of carbonyl (C=O) groups excluding carboxylic acids is 3. The molecule has 36 heavy (non-hydrogen) atoms. The molecule has 184 valence electrons. The molecule has 1 aliphatic heterocycles. The monoisotopic (exact) mass is 522 g/mol. The third-order valence-corrected chi connectivity index (χ3v) is 6.55. The number of imide groups is 1. The van der Waals surface area contributed by atoms with Crippen LogP contribution in [0.4, 0.5) is 10.5 Å². The average Bonchev–Trinajstić information content (AvgIpc) is 3.13. The third-order valence-electron chi connectivity index (χ3n) is 5.39. The lowest BCUT2D eigenvalue weighted by Crippen LogP contribution is -2.27. The summed E-state index contributed by atoms with van der Waals surface area (Å²) in [5.74, 6) is 0.107. The first-order valence-electron chi connectivity index (χ1n) is 11.0. The molecule has 3 amide bonds. The highest BCUT2D eigenvalue weighted by molar-refractivity contribution is 8.18. The van der Waals surface area contributed by atoms with Gasteiger partial charge in [0.15, 0.2) is 18.1 Å². The van der Waals surface area contributed by atoms with E-state index >= 15 is 0 Å². The van der Waals surface area contributed by atoms with Crippen LogP contribution >= 0.6 is 23.4 Å². The standard InChI is InChI=1S/C27H23ClN2O5S/c1-17-5-3-4-6-21(17)29-25(31)16-35-22-12-9-19(13-23(22)34-2)14-24-26(32)30(27(33)36-24)15-18-7-10-20(28)11-8-18/h3-14H,15-16H2,1-2H3,(H,29,31)/b24-14-. The van der Waals surface area contributed by atoms with Crippen molar-refractivity contribution in [3.05, 3.63) is 93.3 Å². The number of halogens is 1. The zero-order valence-electron chi connectivity index (χ0n) is 19.6. The van der Waals surface area contributed by atoms with Crippen LogP contribution in [-0.2, 0) is 16.1 Å². The normalized spacial score (nSPS) is 14.3. The van der Waals surface area contributed by atoms with Crippen molar-refractivity contribution in [2.24, 2.45) is 0 Å². The van der Waals surface area contributed by atoms with Gasteiger partial charge < -0.3 is 14.8 Å². The second-order valence-corrected chi connectivity index (χ2v) is 9.39. The van der Waals surface area contributed by atoms with E-state index in [1.165, 1.54) is 12.0 Å². The van der Waals surface area contributed by atoms with Gasteiger partial charge >= 0.3 is 0 Å². The number of nitrogens with zero attached hydrogens (tertiary/aromatic N) is 1. The Morgan fingerprint density at radius 3 is 2.53 bits per heavy atom. The molecule has 0 atom stereocenters.